The molecule has 0 radical (unpaired) electrons. The first kappa shape index (κ1) is 22.3. The van der Waals surface area contributed by atoms with Crippen LogP contribution in [-0.2, 0) is 17.4 Å². The molecule has 0 fully saturated rings. The van der Waals surface area contributed by atoms with Gasteiger partial charge in [0.25, 0.3) is 0 Å². The van der Waals surface area contributed by atoms with Crippen LogP contribution in [-0.4, -0.2) is 25.0 Å². The summed E-state index contributed by atoms with van der Waals surface area (Å²) < 4.78 is 37.9. The molecule has 0 bridgehead atoms. The Morgan fingerprint density at radius 2 is 1.81 bits per heavy atom. The Kier molecular flexibility index (Phi) is 6.63. The van der Waals surface area contributed by atoms with E-state index < -0.39 is 11.7 Å². The Morgan fingerprint density at radius 1 is 1.10 bits per heavy atom. The van der Waals surface area contributed by atoms with Crippen LogP contribution in [0.1, 0.15) is 30.2 Å². The summed E-state index contributed by atoms with van der Waals surface area (Å²) in [5.74, 6) is -0.374. The fourth-order valence-corrected chi connectivity index (χ4v) is 3.23. The van der Waals surface area contributed by atoms with Gasteiger partial charge in [-0.25, -0.2) is 0 Å². The number of nitrogens with zero attached hydrogens (tertiary/aromatic N) is 2. The maximum Gasteiger partial charge on any atom is 0.416 e. The molecule has 0 atom stereocenters. The molecule has 0 saturated carbocycles. The highest BCUT2D eigenvalue weighted by Gasteiger charge is 2.29. The lowest BCUT2D eigenvalue weighted by Crippen LogP contribution is -2.11. The monoisotopic (exact) mass is 427 g/mol. The Hall–Kier alpha value is -3.35. The fourth-order valence-electron chi connectivity index (χ4n) is 3.23. The SMILES string of the molecule is CCCc1cc(N(C)C)c2cc(NC(=O)C=Cc3ccc(C(F)(F)F)cc3)ccc2n1. The van der Waals surface area contributed by atoms with Crippen molar-refractivity contribution in [2.75, 3.05) is 24.3 Å². The number of nitrogens with one attached hydrogen (secondary N) is 1. The first-order valence-corrected chi connectivity index (χ1v) is 9.94. The summed E-state index contributed by atoms with van der Waals surface area (Å²) in [4.78, 5) is 19.0. The van der Waals surface area contributed by atoms with Gasteiger partial charge >= 0.3 is 6.18 Å². The molecule has 1 aromatic heterocycles. The van der Waals surface area contributed by atoms with Crippen LogP contribution in [0, 0.1) is 0 Å². The second kappa shape index (κ2) is 9.20. The van der Waals surface area contributed by atoms with Crippen molar-refractivity contribution in [2.24, 2.45) is 0 Å². The highest BCUT2D eigenvalue weighted by molar-refractivity contribution is 6.04. The van der Waals surface area contributed by atoms with Gasteiger partial charge in [-0.1, -0.05) is 25.5 Å². The molecule has 3 rings (SSSR count). The van der Waals surface area contributed by atoms with E-state index in [1.165, 1.54) is 24.3 Å². The molecule has 2 aromatic carbocycles. The van der Waals surface area contributed by atoms with Crippen LogP contribution in [0.3, 0.4) is 0 Å². The molecule has 1 N–H and O–H groups in total. The van der Waals surface area contributed by atoms with Crippen LogP contribution in [0.4, 0.5) is 24.5 Å². The van der Waals surface area contributed by atoms with E-state index in [1.54, 1.807) is 6.07 Å². The third-order valence-electron chi connectivity index (χ3n) is 4.76. The lowest BCUT2D eigenvalue weighted by Gasteiger charge is -2.17. The summed E-state index contributed by atoms with van der Waals surface area (Å²) in [7, 11) is 3.92. The van der Waals surface area contributed by atoms with Gasteiger partial charge in [-0.3, -0.25) is 9.78 Å². The van der Waals surface area contributed by atoms with E-state index in [0.29, 0.717) is 11.3 Å². The number of hydrogen-bond acceptors (Lipinski definition) is 3. The Labute approximate surface area is 179 Å². The molecule has 7 heteroatoms. The van der Waals surface area contributed by atoms with Crippen molar-refractivity contribution in [3.63, 3.8) is 0 Å². The third-order valence-corrected chi connectivity index (χ3v) is 4.76. The number of fused-ring (bicyclic) bond motifs is 1. The van der Waals surface area contributed by atoms with Gasteiger partial charge in [0.2, 0.25) is 5.91 Å². The van der Waals surface area contributed by atoms with Crippen molar-refractivity contribution in [2.45, 2.75) is 25.9 Å². The number of anilines is 2. The number of aryl methyl sites for hydroxylation is 1. The second-order valence-electron chi connectivity index (χ2n) is 7.45. The van der Waals surface area contributed by atoms with Crippen LogP contribution in [0.25, 0.3) is 17.0 Å². The van der Waals surface area contributed by atoms with Gasteiger partial charge in [-0.2, -0.15) is 13.2 Å². The molecule has 0 aliphatic heterocycles. The number of rotatable bonds is 6. The van der Waals surface area contributed by atoms with Crippen molar-refractivity contribution >= 4 is 34.3 Å². The number of halogens is 3. The van der Waals surface area contributed by atoms with Gasteiger partial charge in [-0.15, -0.1) is 0 Å². The third kappa shape index (κ3) is 5.63. The molecule has 4 nitrogen and oxygen atoms in total. The summed E-state index contributed by atoms with van der Waals surface area (Å²) in [6.07, 6.45) is 0.282. The van der Waals surface area contributed by atoms with E-state index in [9.17, 15) is 18.0 Å². The molecule has 3 aromatic rings. The summed E-state index contributed by atoms with van der Waals surface area (Å²) in [5.41, 5.74) is 3.29. The van der Waals surface area contributed by atoms with Gasteiger partial charge in [0.1, 0.15) is 0 Å². The van der Waals surface area contributed by atoms with Crippen molar-refractivity contribution < 1.29 is 18.0 Å². The van der Waals surface area contributed by atoms with Crippen molar-refractivity contribution in [3.05, 3.63) is 71.4 Å². The average molecular weight is 427 g/mol. The summed E-state index contributed by atoms with van der Waals surface area (Å²) >= 11 is 0. The van der Waals surface area contributed by atoms with Gasteiger partial charge in [0, 0.05) is 42.6 Å². The topological polar surface area (TPSA) is 45.2 Å². The Balaban J connectivity index is 1.78. The van der Waals surface area contributed by atoms with Crippen LogP contribution in [0.15, 0.2) is 54.6 Å². The minimum absolute atomic E-state index is 0.374. The van der Waals surface area contributed by atoms with Crippen molar-refractivity contribution in [3.8, 4) is 0 Å². The second-order valence-corrected chi connectivity index (χ2v) is 7.45. The zero-order chi connectivity index (χ0) is 22.6. The van der Waals surface area contributed by atoms with Gasteiger partial charge in [-0.05, 0) is 54.5 Å². The molecule has 0 aliphatic carbocycles. The van der Waals surface area contributed by atoms with Gasteiger partial charge < -0.3 is 10.2 Å². The maximum atomic E-state index is 12.6. The number of hydrogen-bond donors (Lipinski definition) is 1. The lowest BCUT2D eigenvalue weighted by molar-refractivity contribution is -0.137. The number of alkyl halides is 3. The molecular formula is C24H24F3N3O. The predicted octanol–water partition coefficient (Wildman–Crippen LogP) is 5.92. The number of carbonyl (C=O) groups excluding carboxylic acids is 1. The molecule has 0 aliphatic rings. The summed E-state index contributed by atoms with van der Waals surface area (Å²) in [6.45, 7) is 2.11. The fraction of sp³-hybridized carbons (Fsp3) is 0.250. The normalized spacial score (nSPS) is 11.8. The quantitative estimate of drug-likeness (QED) is 0.497. The van der Waals surface area contributed by atoms with E-state index in [1.807, 2.05) is 31.1 Å². The zero-order valence-electron chi connectivity index (χ0n) is 17.6. The van der Waals surface area contributed by atoms with E-state index in [-0.39, 0.29) is 5.91 Å². The van der Waals surface area contributed by atoms with E-state index in [4.69, 9.17) is 4.98 Å². The summed E-state index contributed by atoms with van der Waals surface area (Å²) in [6, 6.07) is 12.2. The van der Waals surface area contributed by atoms with Gasteiger partial charge in [0.05, 0.1) is 11.1 Å². The van der Waals surface area contributed by atoms with E-state index >= 15 is 0 Å². The Bertz CT molecular complexity index is 1100. The minimum atomic E-state index is -4.38. The van der Waals surface area contributed by atoms with Crippen LogP contribution < -0.4 is 10.2 Å². The molecule has 1 amide bonds. The van der Waals surface area contributed by atoms with Gasteiger partial charge in [0.15, 0.2) is 0 Å². The molecule has 0 unspecified atom stereocenters. The van der Waals surface area contributed by atoms with Crippen LogP contribution in [0.5, 0.6) is 0 Å². The lowest BCUT2D eigenvalue weighted by atomic mass is 10.1. The largest absolute Gasteiger partial charge is 0.416 e. The maximum absolute atomic E-state index is 12.6. The molecule has 1 heterocycles. The van der Waals surface area contributed by atoms with Crippen LogP contribution >= 0.6 is 0 Å². The summed E-state index contributed by atoms with van der Waals surface area (Å²) in [5, 5.41) is 3.72. The van der Waals surface area contributed by atoms with Crippen LogP contribution in [0.2, 0.25) is 0 Å². The predicted molar refractivity (Wildman–Crippen MR) is 119 cm³/mol. The molecule has 0 saturated heterocycles. The smallest absolute Gasteiger partial charge is 0.377 e. The number of pyridine rings is 1. The molecule has 31 heavy (non-hydrogen) atoms. The zero-order valence-corrected chi connectivity index (χ0v) is 17.6. The standard InChI is InChI=1S/C24H24F3N3O/c1-4-5-18-15-22(30(2)3)20-14-19(11-12-21(20)28-18)29-23(31)13-8-16-6-9-17(10-7-16)24(25,26)27/h6-15H,4-5H2,1-3H3,(H,29,31). The van der Waals surface area contributed by atoms with Crippen molar-refractivity contribution in [1.29, 1.82) is 0 Å². The molecule has 162 valence electrons. The van der Waals surface area contributed by atoms with E-state index in [2.05, 4.69) is 18.3 Å². The average Bonchev–Trinajstić information content (AvgIpc) is 2.71. The highest BCUT2D eigenvalue weighted by atomic mass is 19.4. The molecule has 0 spiro atoms. The number of carbonyl (C=O) groups is 1. The Morgan fingerprint density at radius 3 is 2.42 bits per heavy atom. The van der Waals surface area contributed by atoms with Crippen molar-refractivity contribution in [1.82, 2.24) is 4.98 Å². The highest BCUT2D eigenvalue weighted by Crippen LogP contribution is 2.30. The molecular weight excluding hydrogens is 403 g/mol. The number of benzene rings is 2. The number of aromatic nitrogens is 1. The first-order chi connectivity index (χ1) is 14.7. The minimum Gasteiger partial charge on any atom is -0.377 e. The van der Waals surface area contributed by atoms with E-state index in [0.717, 1.165) is 47.3 Å². The first-order valence-electron chi connectivity index (χ1n) is 9.94. The number of amides is 1.